The molecular weight excluding hydrogens is 186 g/mol. The molecule has 0 amide bonds. The van der Waals surface area contributed by atoms with Gasteiger partial charge in [-0.15, -0.1) is 0 Å². The molecule has 0 aromatic heterocycles. The molecule has 0 radical (unpaired) electrons. The molecular formula is C8H17N3OS. The van der Waals surface area contributed by atoms with Gasteiger partial charge in [-0.1, -0.05) is 0 Å². The van der Waals surface area contributed by atoms with Crippen molar-refractivity contribution in [2.75, 3.05) is 31.6 Å². The van der Waals surface area contributed by atoms with Gasteiger partial charge in [0.1, 0.15) is 0 Å². The highest BCUT2D eigenvalue weighted by Gasteiger charge is 2.01. The Morgan fingerprint density at radius 3 is 3.23 bits per heavy atom. The van der Waals surface area contributed by atoms with Crippen LogP contribution in [0.25, 0.3) is 0 Å². The summed E-state index contributed by atoms with van der Waals surface area (Å²) >= 11 is 0. The third-order valence-electron chi connectivity index (χ3n) is 1.83. The molecule has 1 atom stereocenters. The highest BCUT2D eigenvalue weighted by molar-refractivity contribution is 7.84. The average Bonchev–Trinajstić information content (AvgIpc) is 2.32. The molecule has 2 N–H and O–H groups in total. The normalized spacial score (nSPS) is 19.6. The molecule has 1 rings (SSSR count). The summed E-state index contributed by atoms with van der Waals surface area (Å²) in [5.74, 6) is 1.55. The first-order chi connectivity index (χ1) is 6.29. The molecule has 0 aromatic carbocycles. The van der Waals surface area contributed by atoms with Crippen LogP contribution in [0.2, 0.25) is 0 Å². The maximum Gasteiger partial charge on any atom is 0.191 e. The van der Waals surface area contributed by atoms with Crippen LogP contribution >= 0.6 is 0 Å². The van der Waals surface area contributed by atoms with E-state index >= 15 is 0 Å². The van der Waals surface area contributed by atoms with E-state index in [1.807, 2.05) is 0 Å². The molecule has 1 heterocycles. The lowest BCUT2D eigenvalue weighted by atomic mass is 10.3. The van der Waals surface area contributed by atoms with Crippen LogP contribution in [-0.2, 0) is 10.8 Å². The van der Waals surface area contributed by atoms with E-state index in [4.69, 9.17) is 0 Å². The van der Waals surface area contributed by atoms with Gasteiger partial charge in [0.2, 0.25) is 0 Å². The van der Waals surface area contributed by atoms with Crippen LogP contribution in [0.3, 0.4) is 0 Å². The van der Waals surface area contributed by atoms with Crippen molar-refractivity contribution < 1.29 is 4.21 Å². The Hall–Kier alpha value is -0.580. The maximum atomic E-state index is 10.8. The Kier molecular flexibility index (Phi) is 4.82. The number of guanidine groups is 1. The van der Waals surface area contributed by atoms with Crippen LogP contribution in [0.1, 0.15) is 12.8 Å². The van der Waals surface area contributed by atoms with E-state index in [1.165, 1.54) is 6.42 Å². The Labute approximate surface area is 81.7 Å². The molecule has 0 aromatic rings. The largest absolute Gasteiger partial charge is 0.356 e. The lowest BCUT2D eigenvalue weighted by Crippen LogP contribution is -2.38. The molecule has 4 nitrogen and oxygen atoms in total. The third-order valence-corrected chi connectivity index (χ3v) is 2.61. The molecule has 0 saturated carbocycles. The Morgan fingerprint density at radius 2 is 2.46 bits per heavy atom. The molecule has 1 aliphatic heterocycles. The van der Waals surface area contributed by atoms with Gasteiger partial charge in [0.05, 0.1) is 0 Å². The molecule has 13 heavy (non-hydrogen) atoms. The molecule has 0 aliphatic carbocycles. The van der Waals surface area contributed by atoms with Gasteiger partial charge < -0.3 is 10.6 Å². The smallest absolute Gasteiger partial charge is 0.191 e. The summed E-state index contributed by atoms with van der Waals surface area (Å²) in [6.07, 6.45) is 4.04. The zero-order valence-electron chi connectivity index (χ0n) is 8.01. The van der Waals surface area contributed by atoms with Gasteiger partial charge in [-0.05, 0) is 12.8 Å². The van der Waals surface area contributed by atoms with Crippen molar-refractivity contribution in [1.29, 1.82) is 0 Å². The topological polar surface area (TPSA) is 53.5 Å². The fourth-order valence-electron chi connectivity index (χ4n) is 1.12. The van der Waals surface area contributed by atoms with Crippen LogP contribution in [0.4, 0.5) is 0 Å². The number of hydrogen-bond acceptors (Lipinski definition) is 4. The van der Waals surface area contributed by atoms with Gasteiger partial charge in [0.15, 0.2) is 5.96 Å². The minimum absolute atomic E-state index is 0.681. The van der Waals surface area contributed by atoms with Gasteiger partial charge in [-0.3, -0.25) is 9.20 Å². The maximum absolute atomic E-state index is 10.8. The summed E-state index contributed by atoms with van der Waals surface area (Å²) in [7, 11) is -0.720. The average molecular weight is 203 g/mol. The first-order valence-electron chi connectivity index (χ1n) is 4.61. The Morgan fingerprint density at radius 1 is 1.62 bits per heavy atom. The highest BCUT2D eigenvalue weighted by Crippen LogP contribution is 1.92. The molecule has 1 unspecified atom stereocenters. The van der Waals surface area contributed by atoms with E-state index < -0.39 is 10.8 Å². The van der Waals surface area contributed by atoms with Crippen LogP contribution in [0.5, 0.6) is 0 Å². The number of aliphatic imine (C=N–C) groups is 1. The summed E-state index contributed by atoms with van der Waals surface area (Å²) in [5, 5.41) is 6.33. The first kappa shape index (κ1) is 10.5. The highest BCUT2D eigenvalue weighted by atomic mass is 32.2. The van der Waals surface area contributed by atoms with E-state index in [-0.39, 0.29) is 0 Å². The predicted octanol–water partition coefficient (Wildman–Crippen LogP) is -0.306. The summed E-state index contributed by atoms with van der Waals surface area (Å²) in [6.45, 7) is 2.61. The van der Waals surface area contributed by atoms with Gasteiger partial charge in [0.25, 0.3) is 0 Å². The number of rotatable bonds is 3. The molecule has 0 bridgehead atoms. The minimum Gasteiger partial charge on any atom is -0.356 e. The van der Waals surface area contributed by atoms with E-state index in [1.54, 1.807) is 6.26 Å². The lowest BCUT2D eigenvalue weighted by molar-refractivity contribution is 0.685. The van der Waals surface area contributed by atoms with Crippen LogP contribution < -0.4 is 10.6 Å². The molecule has 0 spiro atoms. The van der Waals surface area contributed by atoms with Crippen molar-refractivity contribution in [3.05, 3.63) is 0 Å². The third kappa shape index (κ3) is 4.87. The quantitative estimate of drug-likeness (QED) is 0.662. The van der Waals surface area contributed by atoms with E-state index in [2.05, 4.69) is 15.6 Å². The minimum atomic E-state index is -0.720. The van der Waals surface area contributed by atoms with Crippen LogP contribution in [-0.4, -0.2) is 41.8 Å². The molecule has 0 fully saturated rings. The zero-order valence-corrected chi connectivity index (χ0v) is 8.82. The van der Waals surface area contributed by atoms with Crippen molar-refractivity contribution >= 4 is 16.8 Å². The number of nitrogens with one attached hydrogen (secondary N) is 2. The predicted molar refractivity (Wildman–Crippen MR) is 56.5 cm³/mol. The number of hydrogen-bond donors (Lipinski definition) is 2. The standard InChI is InChI=1S/C8H17N3OS/c1-13(12)7-6-11-8-9-4-2-3-5-10-8/h2-7H2,1H3,(H2,9,10,11). The molecule has 5 heteroatoms. The summed E-state index contributed by atoms with van der Waals surface area (Å²) < 4.78 is 10.8. The Bertz CT molecular complexity index is 206. The Balaban J connectivity index is 2.18. The van der Waals surface area contributed by atoms with Crippen molar-refractivity contribution in [2.45, 2.75) is 12.8 Å². The number of nitrogens with zero attached hydrogens (tertiary/aromatic N) is 1. The second-order valence-electron chi connectivity index (χ2n) is 3.07. The zero-order chi connectivity index (χ0) is 9.52. The summed E-state index contributed by atoms with van der Waals surface area (Å²) in [6, 6.07) is 0. The van der Waals surface area contributed by atoms with E-state index in [0.717, 1.165) is 32.0 Å². The van der Waals surface area contributed by atoms with E-state index in [9.17, 15) is 4.21 Å². The van der Waals surface area contributed by atoms with Crippen LogP contribution in [0, 0.1) is 0 Å². The van der Waals surface area contributed by atoms with Gasteiger partial charge in [0, 0.05) is 42.4 Å². The summed E-state index contributed by atoms with van der Waals surface area (Å²) in [5.41, 5.74) is 0. The van der Waals surface area contributed by atoms with E-state index in [0.29, 0.717) is 5.75 Å². The van der Waals surface area contributed by atoms with Crippen molar-refractivity contribution in [2.24, 2.45) is 4.99 Å². The fraction of sp³-hybridized carbons (Fsp3) is 0.875. The first-order valence-corrected chi connectivity index (χ1v) is 6.34. The molecule has 1 aliphatic rings. The SMILES string of the molecule is CS(=O)CCNC1=NCCCCN1. The van der Waals surface area contributed by atoms with Crippen molar-refractivity contribution in [3.8, 4) is 0 Å². The van der Waals surface area contributed by atoms with Gasteiger partial charge >= 0.3 is 0 Å². The van der Waals surface area contributed by atoms with Crippen molar-refractivity contribution in [3.63, 3.8) is 0 Å². The summed E-state index contributed by atoms with van der Waals surface area (Å²) in [4.78, 5) is 4.32. The monoisotopic (exact) mass is 203 g/mol. The second kappa shape index (κ2) is 5.96. The molecule has 0 saturated heterocycles. The lowest BCUT2D eigenvalue weighted by Gasteiger charge is -2.08. The fourth-order valence-corrected chi connectivity index (χ4v) is 1.51. The second-order valence-corrected chi connectivity index (χ2v) is 4.62. The van der Waals surface area contributed by atoms with Crippen LogP contribution in [0.15, 0.2) is 4.99 Å². The van der Waals surface area contributed by atoms with Gasteiger partial charge in [-0.2, -0.15) is 0 Å². The van der Waals surface area contributed by atoms with Gasteiger partial charge in [-0.25, -0.2) is 0 Å². The van der Waals surface area contributed by atoms with Crippen molar-refractivity contribution in [1.82, 2.24) is 10.6 Å². The molecule has 76 valence electrons.